The Morgan fingerprint density at radius 2 is 2.15 bits per heavy atom. The van der Waals surface area contributed by atoms with Crippen molar-refractivity contribution in [2.45, 2.75) is 39.2 Å². The van der Waals surface area contributed by atoms with E-state index in [1.807, 2.05) is 6.92 Å². The zero-order valence-corrected chi connectivity index (χ0v) is 8.17. The van der Waals surface area contributed by atoms with Gasteiger partial charge in [0.25, 0.3) is 0 Å². The van der Waals surface area contributed by atoms with Crippen LogP contribution < -0.4 is 5.32 Å². The van der Waals surface area contributed by atoms with Gasteiger partial charge in [-0.25, -0.2) is 4.79 Å². The molecule has 74 valence electrons. The first kappa shape index (κ1) is 10.0. The molecule has 1 N–H and O–H groups in total. The smallest absolute Gasteiger partial charge is 0.312 e. The van der Waals surface area contributed by atoms with E-state index >= 15 is 0 Å². The van der Waals surface area contributed by atoms with Gasteiger partial charge in [0.15, 0.2) is 0 Å². The maximum atomic E-state index is 11.3. The van der Waals surface area contributed by atoms with Crippen LogP contribution in [0.5, 0.6) is 0 Å². The highest BCUT2D eigenvalue weighted by molar-refractivity contribution is 6.02. The number of nitrogens with one attached hydrogen (secondary N) is 1. The van der Waals surface area contributed by atoms with Gasteiger partial charge in [-0.05, 0) is 12.8 Å². The third-order valence-corrected chi connectivity index (χ3v) is 2.36. The van der Waals surface area contributed by atoms with Gasteiger partial charge in [-0.3, -0.25) is 10.1 Å². The maximum absolute atomic E-state index is 11.3. The number of urea groups is 1. The minimum absolute atomic E-state index is 0.181. The Labute approximate surface area is 78.3 Å². The van der Waals surface area contributed by atoms with Crippen molar-refractivity contribution in [3.05, 3.63) is 0 Å². The monoisotopic (exact) mass is 184 g/mol. The number of hydrogen-bond donors (Lipinski definition) is 1. The minimum atomic E-state index is -0.231. The molecule has 0 radical (unpaired) electrons. The summed E-state index contributed by atoms with van der Waals surface area (Å²) in [6.45, 7) is 4.35. The van der Waals surface area contributed by atoms with Crippen LogP contribution in [-0.2, 0) is 4.79 Å². The summed E-state index contributed by atoms with van der Waals surface area (Å²) < 4.78 is 0. The number of carbonyl (C=O) groups excluding carboxylic acids is 2. The first-order chi connectivity index (χ1) is 6.19. The summed E-state index contributed by atoms with van der Waals surface area (Å²) in [5.41, 5.74) is 0. The van der Waals surface area contributed by atoms with E-state index in [1.54, 1.807) is 4.90 Å². The lowest BCUT2D eigenvalue weighted by atomic mass is 10.1. The molecule has 0 aromatic carbocycles. The van der Waals surface area contributed by atoms with E-state index in [-0.39, 0.29) is 24.5 Å². The van der Waals surface area contributed by atoms with Crippen LogP contribution in [0.2, 0.25) is 0 Å². The molecule has 1 saturated heterocycles. The van der Waals surface area contributed by atoms with E-state index in [0.717, 1.165) is 19.3 Å². The Balaban J connectivity index is 2.58. The molecular formula is C9H16N2O2. The van der Waals surface area contributed by atoms with E-state index in [4.69, 9.17) is 0 Å². The van der Waals surface area contributed by atoms with Crippen LogP contribution >= 0.6 is 0 Å². The molecule has 1 aliphatic rings. The molecule has 4 heteroatoms. The van der Waals surface area contributed by atoms with E-state index < -0.39 is 0 Å². The van der Waals surface area contributed by atoms with Gasteiger partial charge in [0.1, 0.15) is 6.54 Å². The van der Waals surface area contributed by atoms with Gasteiger partial charge in [0.2, 0.25) is 5.91 Å². The normalized spacial score (nSPS) is 19.1. The standard InChI is InChI=1S/C9H16N2O2/c1-3-5-7(4-2)11-6-8(12)10-9(11)13/h7H,3-6H2,1-2H3,(H,10,12,13). The van der Waals surface area contributed by atoms with Crippen LogP contribution in [0, 0.1) is 0 Å². The lowest BCUT2D eigenvalue weighted by Crippen LogP contribution is -2.37. The van der Waals surface area contributed by atoms with Gasteiger partial charge in [-0.15, -0.1) is 0 Å². The Morgan fingerprint density at radius 1 is 1.46 bits per heavy atom. The summed E-state index contributed by atoms with van der Waals surface area (Å²) in [5.74, 6) is -0.181. The fourth-order valence-electron chi connectivity index (χ4n) is 1.67. The SMILES string of the molecule is CCCC(CC)N1CC(=O)NC1=O. The van der Waals surface area contributed by atoms with Gasteiger partial charge in [-0.1, -0.05) is 20.3 Å². The van der Waals surface area contributed by atoms with E-state index in [0.29, 0.717) is 0 Å². The van der Waals surface area contributed by atoms with E-state index in [2.05, 4.69) is 12.2 Å². The molecule has 0 aromatic rings. The van der Waals surface area contributed by atoms with Gasteiger partial charge >= 0.3 is 6.03 Å². The number of rotatable bonds is 4. The summed E-state index contributed by atoms with van der Waals surface area (Å²) in [5, 5.41) is 2.29. The Hall–Kier alpha value is -1.06. The maximum Gasteiger partial charge on any atom is 0.324 e. The summed E-state index contributed by atoms with van der Waals surface area (Å²) in [6.07, 6.45) is 2.92. The molecule has 1 heterocycles. The lowest BCUT2D eigenvalue weighted by Gasteiger charge is -2.24. The molecule has 0 aromatic heterocycles. The highest BCUT2D eigenvalue weighted by atomic mass is 16.2. The molecule has 3 amide bonds. The molecular weight excluding hydrogens is 168 g/mol. The average Bonchev–Trinajstić information content (AvgIpc) is 2.41. The summed E-state index contributed by atoms with van der Waals surface area (Å²) in [7, 11) is 0. The van der Waals surface area contributed by atoms with Crippen LogP contribution in [0.15, 0.2) is 0 Å². The molecule has 0 spiro atoms. The van der Waals surface area contributed by atoms with Crippen LogP contribution in [0.4, 0.5) is 4.79 Å². The van der Waals surface area contributed by atoms with Crippen molar-refractivity contribution in [3.8, 4) is 0 Å². The largest absolute Gasteiger partial charge is 0.324 e. The van der Waals surface area contributed by atoms with Crippen molar-refractivity contribution in [3.63, 3.8) is 0 Å². The second-order valence-electron chi connectivity index (χ2n) is 3.33. The summed E-state index contributed by atoms with van der Waals surface area (Å²) in [4.78, 5) is 23.8. The van der Waals surface area contributed by atoms with Crippen molar-refractivity contribution in [2.24, 2.45) is 0 Å². The predicted molar refractivity (Wildman–Crippen MR) is 49.2 cm³/mol. The molecule has 0 bridgehead atoms. The number of carbonyl (C=O) groups is 2. The first-order valence-electron chi connectivity index (χ1n) is 4.79. The summed E-state index contributed by atoms with van der Waals surface area (Å²) >= 11 is 0. The van der Waals surface area contributed by atoms with Gasteiger partial charge in [0.05, 0.1) is 0 Å². The highest BCUT2D eigenvalue weighted by Gasteiger charge is 2.31. The number of hydrogen-bond acceptors (Lipinski definition) is 2. The predicted octanol–water partition coefficient (Wildman–Crippen LogP) is 1.12. The van der Waals surface area contributed by atoms with Gasteiger partial charge in [-0.2, -0.15) is 0 Å². The minimum Gasteiger partial charge on any atom is -0.312 e. The third-order valence-electron chi connectivity index (χ3n) is 2.36. The van der Waals surface area contributed by atoms with Crippen LogP contribution in [0.25, 0.3) is 0 Å². The van der Waals surface area contributed by atoms with Crippen molar-refractivity contribution >= 4 is 11.9 Å². The third kappa shape index (κ3) is 2.20. The van der Waals surface area contributed by atoms with Gasteiger partial charge < -0.3 is 4.90 Å². The average molecular weight is 184 g/mol. The van der Waals surface area contributed by atoms with Crippen molar-refractivity contribution in [1.29, 1.82) is 0 Å². The summed E-state index contributed by atoms with van der Waals surface area (Å²) in [6, 6.07) is -0.0123. The quantitative estimate of drug-likeness (QED) is 0.665. The lowest BCUT2D eigenvalue weighted by molar-refractivity contribution is -0.118. The van der Waals surface area contributed by atoms with Crippen LogP contribution in [0.1, 0.15) is 33.1 Å². The van der Waals surface area contributed by atoms with E-state index in [9.17, 15) is 9.59 Å². The van der Waals surface area contributed by atoms with Crippen molar-refractivity contribution in [2.75, 3.05) is 6.54 Å². The Morgan fingerprint density at radius 3 is 2.54 bits per heavy atom. The molecule has 1 fully saturated rings. The Kier molecular flexibility index (Phi) is 3.28. The fourth-order valence-corrected chi connectivity index (χ4v) is 1.67. The van der Waals surface area contributed by atoms with E-state index in [1.165, 1.54) is 0 Å². The topological polar surface area (TPSA) is 49.4 Å². The number of imide groups is 1. The van der Waals surface area contributed by atoms with Crippen LogP contribution in [-0.4, -0.2) is 29.4 Å². The van der Waals surface area contributed by atoms with Crippen LogP contribution in [0.3, 0.4) is 0 Å². The second kappa shape index (κ2) is 4.25. The second-order valence-corrected chi connectivity index (χ2v) is 3.33. The first-order valence-corrected chi connectivity index (χ1v) is 4.79. The zero-order valence-electron chi connectivity index (χ0n) is 8.17. The molecule has 1 aliphatic heterocycles. The molecule has 1 rings (SSSR count). The molecule has 13 heavy (non-hydrogen) atoms. The number of nitrogens with zero attached hydrogens (tertiary/aromatic N) is 1. The zero-order chi connectivity index (χ0) is 9.84. The molecule has 1 atom stereocenters. The Bertz CT molecular complexity index is 216. The molecule has 0 aliphatic carbocycles. The number of amides is 3. The molecule has 1 unspecified atom stereocenters. The fraction of sp³-hybridized carbons (Fsp3) is 0.778. The molecule has 0 saturated carbocycles. The van der Waals surface area contributed by atoms with Crippen molar-refractivity contribution in [1.82, 2.24) is 10.2 Å². The molecule has 4 nitrogen and oxygen atoms in total. The van der Waals surface area contributed by atoms with Crippen molar-refractivity contribution < 1.29 is 9.59 Å². The highest BCUT2D eigenvalue weighted by Crippen LogP contribution is 2.13. The van der Waals surface area contributed by atoms with Gasteiger partial charge in [0, 0.05) is 6.04 Å².